The number of allylic oxidation sites excluding steroid dienone is 2. The van der Waals surface area contributed by atoms with Crippen LogP contribution in [0.15, 0.2) is 29.6 Å². The van der Waals surface area contributed by atoms with Crippen LogP contribution in [0.5, 0.6) is 0 Å². The molecule has 0 aliphatic heterocycles. The standard InChI is InChI=1S/C42H63N3O5/c1-26(2)34-28(46)23-42(19-22-43-25-32-44-20-10-21-45-32)18-17-40(8)27(35(34)42)11-12-30-39(7)15-14-31(50-33(47)24-37(3,4)36(48)49)38(5,6)29(39)13-16-41(30,40)9/h10,20-21,26-27,29-31,43H,11-19,22-25H2,1-9H3,(H,48,49). The smallest absolute Gasteiger partial charge is 0.309 e. The quantitative estimate of drug-likeness (QED) is 0.186. The van der Waals surface area contributed by atoms with E-state index in [4.69, 9.17) is 4.74 Å². The molecular weight excluding hydrogens is 626 g/mol. The lowest BCUT2D eigenvalue weighted by molar-refractivity contribution is -0.233. The number of carboxylic acids is 1. The molecule has 0 aromatic carbocycles. The number of hydrogen-bond acceptors (Lipinski definition) is 7. The van der Waals surface area contributed by atoms with E-state index in [0.717, 1.165) is 69.3 Å². The predicted octanol–water partition coefficient (Wildman–Crippen LogP) is 8.35. The van der Waals surface area contributed by atoms with Crippen LogP contribution in [0.1, 0.15) is 139 Å². The van der Waals surface area contributed by atoms with Crippen LogP contribution in [0.2, 0.25) is 0 Å². The Kier molecular flexibility index (Phi) is 9.52. The minimum Gasteiger partial charge on any atom is -0.481 e. The Morgan fingerprint density at radius 2 is 1.66 bits per heavy atom. The van der Waals surface area contributed by atoms with Crippen molar-refractivity contribution in [3.8, 4) is 0 Å². The molecule has 8 atom stereocenters. The topological polar surface area (TPSA) is 118 Å². The molecule has 0 radical (unpaired) electrons. The molecule has 8 unspecified atom stereocenters. The molecule has 8 heteroatoms. The first kappa shape index (κ1) is 37.2. The Morgan fingerprint density at radius 1 is 0.960 bits per heavy atom. The molecule has 1 heterocycles. The highest BCUT2D eigenvalue weighted by molar-refractivity contribution is 6.00. The van der Waals surface area contributed by atoms with E-state index in [1.807, 2.05) is 6.07 Å². The predicted molar refractivity (Wildman–Crippen MR) is 194 cm³/mol. The van der Waals surface area contributed by atoms with Crippen molar-refractivity contribution < 1.29 is 24.2 Å². The third-order valence-electron chi connectivity index (χ3n) is 15.6. The van der Waals surface area contributed by atoms with Crippen molar-refractivity contribution >= 4 is 17.7 Å². The number of carboxylic acid groups (broad SMARTS) is 1. The maximum Gasteiger partial charge on any atom is 0.309 e. The van der Waals surface area contributed by atoms with Crippen LogP contribution >= 0.6 is 0 Å². The number of hydrogen-bond donors (Lipinski definition) is 2. The molecule has 4 saturated carbocycles. The summed E-state index contributed by atoms with van der Waals surface area (Å²) in [4.78, 5) is 47.5. The van der Waals surface area contributed by atoms with Gasteiger partial charge >= 0.3 is 11.9 Å². The molecule has 2 N–H and O–H groups in total. The molecule has 0 saturated heterocycles. The number of nitrogens with zero attached hydrogens (tertiary/aromatic N) is 2. The van der Waals surface area contributed by atoms with Crippen LogP contribution in [0, 0.1) is 56.2 Å². The molecule has 6 rings (SSSR count). The minimum atomic E-state index is -1.15. The van der Waals surface area contributed by atoms with Crippen LogP contribution in [0.25, 0.3) is 0 Å². The molecule has 1 aromatic rings. The summed E-state index contributed by atoms with van der Waals surface area (Å²) in [6, 6.07) is 1.84. The van der Waals surface area contributed by atoms with E-state index in [0.29, 0.717) is 36.5 Å². The molecule has 5 aliphatic rings. The lowest BCUT2D eigenvalue weighted by Gasteiger charge is -2.72. The van der Waals surface area contributed by atoms with E-state index in [-0.39, 0.29) is 45.5 Å². The third kappa shape index (κ3) is 5.78. The second-order valence-electron chi connectivity index (χ2n) is 19.3. The Balaban J connectivity index is 1.24. The molecule has 8 nitrogen and oxygen atoms in total. The van der Waals surface area contributed by atoms with E-state index in [9.17, 15) is 19.5 Å². The molecular formula is C42H63N3O5. The monoisotopic (exact) mass is 689 g/mol. The van der Waals surface area contributed by atoms with Crippen molar-refractivity contribution in [2.75, 3.05) is 6.54 Å². The van der Waals surface area contributed by atoms with Crippen LogP contribution in [0.4, 0.5) is 0 Å². The van der Waals surface area contributed by atoms with Crippen molar-refractivity contribution in [1.82, 2.24) is 15.3 Å². The largest absolute Gasteiger partial charge is 0.481 e. The second-order valence-corrected chi connectivity index (χ2v) is 19.3. The average Bonchev–Trinajstić information content (AvgIpc) is 3.33. The van der Waals surface area contributed by atoms with E-state index in [1.165, 1.54) is 12.0 Å². The summed E-state index contributed by atoms with van der Waals surface area (Å²) in [6.07, 6.45) is 13.5. The zero-order valence-corrected chi connectivity index (χ0v) is 32.3. The van der Waals surface area contributed by atoms with Gasteiger partial charge < -0.3 is 15.2 Å². The van der Waals surface area contributed by atoms with Crippen LogP contribution in [-0.4, -0.2) is 45.4 Å². The van der Waals surface area contributed by atoms with E-state index in [2.05, 4.69) is 63.8 Å². The summed E-state index contributed by atoms with van der Waals surface area (Å²) in [6.45, 7) is 21.5. The Labute approximate surface area is 300 Å². The summed E-state index contributed by atoms with van der Waals surface area (Å²) in [7, 11) is 0. The highest BCUT2D eigenvalue weighted by atomic mass is 16.5. The molecule has 50 heavy (non-hydrogen) atoms. The van der Waals surface area contributed by atoms with E-state index >= 15 is 0 Å². The number of fused-ring (bicyclic) bond motifs is 7. The van der Waals surface area contributed by atoms with Gasteiger partial charge in [0.1, 0.15) is 11.9 Å². The fraction of sp³-hybridized carbons (Fsp3) is 0.786. The first-order valence-electron chi connectivity index (χ1n) is 19.5. The van der Waals surface area contributed by atoms with Crippen LogP contribution in [0.3, 0.4) is 0 Å². The molecule has 0 spiro atoms. The zero-order chi connectivity index (χ0) is 36.5. The number of aromatic nitrogens is 2. The van der Waals surface area contributed by atoms with Gasteiger partial charge in [-0.25, -0.2) is 9.97 Å². The zero-order valence-electron chi connectivity index (χ0n) is 32.3. The number of esters is 1. The van der Waals surface area contributed by atoms with Gasteiger partial charge in [0.15, 0.2) is 5.78 Å². The van der Waals surface area contributed by atoms with Gasteiger partial charge in [0.05, 0.1) is 18.4 Å². The van der Waals surface area contributed by atoms with Gasteiger partial charge in [-0.1, -0.05) is 54.0 Å². The fourth-order valence-corrected chi connectivity index (χ4v) is 12.8. The fourth-order valence-electron chi connectivity index (χ4n) is 12.8. The van der Waals surface area contributed by atoms with Gasteiger partial charge in [0.2, 0.25) is 0 Å². The van der Waals surface area contributed by atoms with Gasteiger partial charge in [-0.15, -0.1) is 0 Å². The lowest BCUT2D eigenvalue weighted by atomic mass is 9.33. The average molecular weight is 690 g/mol. The third-order valence-corrected chi connectivity index (χ3v) is 15.6. The van der Waals surface area contributed by atoms with Gasteiger partial charge in [-0.2, -0.15) is 0 Å². The number of carbonyl (C=O) groups is 3. The Bertz CT molecular complexity index is 1530. The first-order chi connectivity index (χ1) is 23.3. The Morgan fingerprint density at radius 3 is 2.32 bits per heavy atom. The summed E-state index contributed by atoms with van der Waals surface area (Å²) in [5.41, 5.74) is 1.61. The van der Waals surface area contributed by atoms with Gasteiger partial charge in [0.25, 0.3) is 0 Å². The molecule has 276 valence electrons. The number of nitrogens with one attached hydrogen (secondary N) is 1. The number of ether oxygens (including phenoxy) is 1. The number of rotatable bonds is 10. The molecule has 1 aromatic heterocycles. The van der Waals surface area contributed by atoms with Gasteiger partial charge in [-0.05, 0) is 130 Å². The Hall–Kier alpha value is -2.61. The highest BCUT2D eigenvalue weighted by Crippen LogP contribution is 2.77. The highest BCUT2D eigenvalue weighted by Gasteiger charge is 2.70. The SMILES string of the molecule is CC(C)C1=C2C3CCC4C5(C)CCC(OC(=O)CC(C)(C)C(=O)O)C(C)(C)C5CCC4(C)C3(C)CCC2(CCNCc2ncccn2)CC1=O. The van der Waals surface area contributed by atoms with Crippen molar-refractivity contribution in [3.63, 3.8) is 0 Å². The second kappa shape index (κ2) is 12.8. The van der Waals surface area contributed by atoms with Crippen molar-refractivity contribution in [2.45, 2.75) is 146 Å². The van der Waals surface area contributed by atoms with Crippen LogP contribution < -0.4 is 5.32 Å². The van der Waals surface area contributed by atoms with E-state index in [1.54, 1.807) is 26.2 Å². The van der Waals surface area contributed by atoms with Crippen LogP contribution in [-0.2, 0) is 25.7 Å². The summed E-state index contributed by atoms with van der Waals surface area (Å²) in [5, 5.41) is 13.2. The summed E-state index contributed by atoms with van der Waals surface area (Å²) >= 11 is 0. The maximum atomic E-state index is 13.9. The number of ketones is 1. The number of carbonyl (C=O) groups excluding carboxylic acids is 2. The van der Waals surface area contributed by atoms with Crippen molar-refractivity contribution in [1.29, 1.82) is 0 Å². The summed E-state index contributed by atoms with van der Waals surface area (Å²) in [5.74, 6) is 1.42. The van der Waals surface area contributed by atoms with Gasteiger partial charge in [-0.3, -0.25) is 14.4 Å². The summed E-state index contributed by atoms with van der Waals surface area (Å²) < 4.78 is 6.17. The maximum absolute atomic E-state index is 13.9. The molecule has 0 bridgehead atoms. The first-order valence-corrected chi connectivity index (χ1v) is 19.5. The minimum absolute atomic E-state index is 0.0607. The van der Waals surface area contributed by atoms with Crippen molar-refractivity contribution in [2.24, 2.45) is 56.2 Å². The molecule has 4 fully saturated rings. The lowest BCUT2D eigenvalue weighted by Crippen LogP contribution is -2.65. The molecule has 0 amide bonds. The van der Waals surface area contributed by atoms with Crippen molar-refractivity contribution in [3.05, 3.63) is 35.4 Å². The van der Waals surface area contributed by atoms with Gasteiger partial charge in [0, 0.05) is 29.6 Å². The van der Waals surface area contributed by atoms with E-state index < -0.39 is 17.4 Å². The number of Topliss-reactive ketones (excluding diaryl/α,β-unsaturated/α-hetero) is 1. The number of aliphatic carboxylic acids is 1. The molecule has 5 aliphatic carbocycles. The normalized spacial score (nSPS) is 37.8.